The molecule has 2 N–H and O–H groups in total. The smallest absolute Gasteiger partial charge is 0.416 e. The van der Waals surface area contributed by atoms with Crippen molar-refractivity contribution in [3.8, 4) is 23.0 Å². The average Bonchev–Trinajstić information content (AvgIpc) is 3.35. The standard InChI is InChI=1S/C53H56N4O12/c1-3-29-65-53-49(55(34-37-16-11-15-35-13-5-6-19-43(35)37)52(60)68-40-23-21-38(22-24-40)56(61)62)33-47(54-66-4-2)45-30-36(14-7-9-27-58)44(20-8-10-28-59)50(51(45)53)46-32-42(25-26-48(46)69-53)67-41-18-12-17-39(31-41)57(63)64/h3,5-6,11-13,15-19,21-26,30-32,36,44,49-51,58-59H,1,4,7-10,14,20,27-29,33-34H2,2H3/t36-,44+,49-,50+,51+,53+/m0/s1. The molecule has 8 rings (SSSR count). The minimum Gasteiger partial charge on any atom is -0.459 e. The molecular formula is C53H56N4O12. The molecule has 1 heterocycles. The van der Waals surface area contributed by atoms with E-state index in [1.54, 1.807) is 35.2 Å². The summed E-state index contributed by atoms with van der Waals surface area (Å²) in [6.07, 6.45) is 7.22. The molecule has 16 nitrogen and oxygen atoms in total. The van der Waals surface area contributed by atoms with Gasteiger partial charge in [0.15, 0.2) is 0 Å². The minimum absolute atomic E-state index is 0.0115. The molecule has 1 amide bonds. The van der Waals surface area contributed by atoms with E-state index >= 15 is 4.79 Å². The number of aliphatic hydroxyl groups excluding tert-OH is 2. The van der Waals surface area contributed by atoms with Crippen molar-refractivity contribution >= 4 is 34.0 Å². The number of ether oxygens (including phenoxy) is 4. The molecule has 1 aliphatic heterocycles. The van der Waals surface area contributed by atoms with Crippen LogP contribution in [0.2, 0.25) is 0 Å². The van der Waals surface area contributed by atoms with Gasteiger partial charge in [0, 0.05) is 49.3 Å². The Morgan fingerprint density at radius 2 is 1.58 bits per heavy atom. The molecule has 5 aromatic carbocycles. The van der Waals surface area contributed by atoms with Gasteiger partial charge in [-0.05, 0) is 103 Å². The van der Waals surface area contributed by atoms with Crippen LogP contribution < -0.4 is 14.2 Å². The van der Waals surface area contributed by atoms with Crippen LogP contribution in [0.5, 0.6) is 23.0 Å². The molecule has 0 aromatic heterocycles. The number of hydrogen-bond donors (Lipinski definition) is 2. The molecule has 1 saturated carbocycles. The maximum Gasteiger partial charge on any atom is 0.416 e. The largest absolute Gasteiger partial charge is 0.459 e. The van der Waals surface area contributed by atoms with E-state index in [1.807, 2.05) is 55.5 Å². The molecule has 3 aliphatic rings. The summed E-state index contributed by atoms with van der Waals surface area (Å²) in [5.41, 5.74) is 2.72. The number of fused-ring (bicyclic) bond motifs is 3. The Kier molecular flexibility index (Phi) is 15.3. The van der Waals surface area contributed by atoms with Crippen molar-refractivity contribution in [2.75, 3.05) is 26.4 Å². The Hall–Kier alpha value is -7.14. The van der Waals surface area contributed by atoms with Gasteiger partial charge in [-0.25, -0.2) is 4.79 Å². The van der Waals surface area contributed by atoms with Gasteiger partial charge in [0.05, 0.1) is 40.7 Å². The Morgan fingerprint density at radius 3 is 2.32 bits per heavy atom. The van der Waals surface area contributed by atoms with Gasteiger partial charge in [-0.1, -0.05) is 78.7 Å². The highest BCUT2D eigenvalue weighted by atomic mass is 16.7. The van der Waals surface area contributed by atoms with Crippen molar-refractivity contribution in [1.82, 2.24) is 4.90 Å². The number of oxime groups is 1. The predicted octanol–water partition coefficient (Wildman–Crippen LogP) is 10.8. The molecule has 69 heavy (non-hydrogen) atoms. The van der Waals surface area contributed by atoms with E-state index in [0.29, 0.717) is 42.9 Å². The van der Waals surface area contributed by atoms with E-state index in [9.17, 15) is 30.4 Å². The van der Waals surface area contributed by atoms with E-state index in [2.05, 4.69) is 12.7 Å². The SMILES string of the molecule is C=CCO[C@@]12Oc3ccc(Oc4cccc([N+](=O)[O-])c4)cc3[C@H]3[C@H](CCCCO)[C@@H](CCCCO)C=C(C(=NOCC)C[C@@H]1N(Cc1cccc4ccccc14)C(=O)Oc1ccc([N+](=O)[O-])cc1)[C@H]32. The van der Waals surface area contributed by atoms with E-state index < -0.39 is 39.6 Å². The number of unbranched alkanes of at least 4 members (excludes halogenated alkanes) is 2. The molecule has 0 radical (unpaired) electrons. The Balaban J connectivity index is 1.35. The van der Waals surface area contributed by atoms with E-state index in [-0.39, 0.29) is 74.1 Å². The topological polar surface area (TPSA) is 206 Å². The lowest BCUT2D eigenvalue weighted by molar-refractivity contribution is -0.385. The molecule has 0 spiro atoms. The van der Waals surface area contributed by atoms with Crippen molar-refractivity contribution in [3.05, 3.63) is 165 Å². The predicted molar refractivity (Wildman–Crippen MR) is 258 cm³/mol. The third-order valence-electron chi connectivity index (χ3n) is 13.3. The maximum absolute atomic E-state index is 15.2. The van der Waals surface area contributed by atoms with Crippen molar-refractivity contribution < 1.29 is 48.6 Å². The van der Waals surface area contributed by atoms with Crippen LogP contribution in [0.25, 0.3) is 10.8 Å². The number of nitro benzene ring substituents is 2. The Labute approximate surface area is 399 Å². The number of nitrogens with zero attached hydrogens (tertiary/aromatic N) is 4. The fraction of sp³-hybridized carbons (Fsp3) is 0.358. The fourth-order valence-corrected chi connectivity index (χ4v) is 10.4. The van der Waals surface area contributed by atoms with Crippen LogP contribution in [0.3, 0.4) is 0 Å². The van der Waals surface area contributed by atoms with Gasteiger partial charge >= 0.3 is 6.09 Å². The lowest BCUT2D eigenvalue weighted by Crippen LogP contribution is -2.70. The van der Waals surface area contributed by atoms with Crippen LogP contribution in [0.15, 0.2) is 139 Å². The van der Waals surface area contributed by atoms with Gasteiger partial charge in [-0.15, -0.1) is 6.58 Å². The molecule has 0 bridgehead atoms. The van der Waals surface area contributed by atoms with Gasteiger partial charge in [-0.2, -0.15) is 0 Å². The van der Waals surface area contributed by atoms with Gasteiger partial charge in [0.1, 0.15) is 35.6 Å². The number of non-ortho nitro benzene ring substituents is 2. The summed E-state index contributed by atoms with van der Waals surface area (Å²) in [6.45, 7) is 6.21. The highest BCUT2D eigenvalue weighted by Crippen LogP contribution is 2.62. The summed E-state index contributed by atoms with van der Waals surface area (Å²) in [5, 5.41) is 50.0. The van der Waals surface area contributed by atoms with Crippen LogP contribution in [-0.4, -0.2) is 75.0 Å². The number of amides is 1. The van der Waals surface area contributed by atoms with Gasteiger partial charge in [0.25, 0.3) is 11.4 Å². The van der Waals surface area contributed by atoms with Crippen LogP contribution in [-0.2, 0) is 16.1 Å². The zero-order valence-corrected chi connectivity index (χ0v) is 38.4. The average molecular weight is 941 g/mol. The third-order valence-corrected chi connectivity index (χ3v) is 13.3. The molecular weight excluding hydrogens is 885 g/mol. The lowest BCUT2D eigenvalue weighted by Gasteiger charge is -2.59. The molecule has 0 unspecified atom stereocenters. The molecule has 16 heteroatoms. The second-order valence-corrected chi connectivity index (χ2v) is 17.4. The second-order valence-electron chi connectivity index (χ2n) is 17.4. The Morgan fingerprint density at radius 1 is 0.870 bits per heavy atom. The summed E-state index contributed by atoms with van der Waals surface area (Å²) >= 11 is 0. The summed E-state index contributed by atoms with van der Waals surface area (Å²) < 4.78 is 27.0. The van der Waals surface area contributed by atoms with Crippen molar-refractivity contribution in [2.24, 2.45) is 22.9 Å². The van der Waals surface area contributed by atoms with Crippen molar-refractivity contribution in [3.63, 3.8) is 0 Å². The zero-order valence-electron chi connectivity index (χ0n) is 38.4. The number of hydrogen-bond acceptors (Lipinski definition) is 13. The molecule has 1 fully saturated rings. The maximum atomic E-state index is 15.2. The van der Waals surface area contributed by atoms with Crippen molar-refractivity contribution in [2.45, 2.75) is 76.2 Å². The van der Waals surface area contributed by atoms with Gasteiger partial charge in [0.2, 0.25) is 5.79 Å². The lowest BCUT2D eigenvalue weighted by atomic mass is 9.55. The van der Waals surface area contributed by atoms with Crippen LogP contribution in [0, 0.1) is 38.0 Å². The molecule has 6 atom stereocenters. The summed E-state index contributed by atoms with van der Waals surface area (Å²) in [7, 11) is 0. The number of carbonyl (C=O) groups excluding carboxylic acids is 1. The van der Waals surface area contributed by atoms with Crippen molar-refractivity contribution in [1.29, 1.82) is 0 Å². The summed E-state index contributed by atoms with van der Waals surface area (Å²) in [6, 6.07) is 29.5. The molecule has 0 saturated heterocycles. The fourth-order valence-electron chi connectivity index (χ4n) is 10.4. The number of rotatable bonds is 21. The second kappa shape index (κ2) is 21.9. The number of carbonyl (C=O) groups is 1. The summed E-state index contributed by atoms with van der Waals surface area (Å²) in [4.78, 5) is 45.1. The van der Waals surface area contributed by atoms with E-state index in [1.165, 1.54) is 36.4 Å². The first-order valence-corrected chi connectivity index (χ1v) is 23.4. The van der Waals surface area contributed by atoms with Gasteiger partial charge in [-0.3, -0.25) is 25.1 Å². The van der Waals surface area contributed by atoms with E-state index in [0.717, 1.165) is 40.3 Å². The monoisotopic (exact) mass is 940 g/mol. The Bertz CT molecular complexity index is 2720. The number of allylic oxidation sites excluding steroid dienone is 1. The third kappa shape index (κ3) is 10.3. The molecule has 2 aliphatic carbocycles. The highest BCUT2D eigenvalue weighted by Gasteiger charge is 2.66. The minimum atomic E-state index is -1.64. The first-order chi connectivity index (χ1) is 33.6. The van der Waals surface area contributed by atoms with E-state index in [4.69, 9.17) is 28.9 Å². The zero-order chi connectivity index (χ0) is 48.5. The van der Waals surface area contributed by atoms with Crippen LogP contribution in [0.1, 0.15) is 68.9 Å². The van der Waals surface area contributed by atoms with Crippen LogP contribution >= 0.6 is 0 Å². The number of nitro groups is 2. The first kappa shape index (κ1) is 48.3. The number of aliphatic hydroxyl groups is 2. The summed E-state index contributed by atoms with van der Waals surface area (Å²) in [5.74, 6) is -1.60. The molecule has 360 valence electrons. The first-order valence-electron chi connectivity index (χ1n) is 23.4. The quantitative estimate of drug-likeness (QED) is 0.0305. The number of benzene rings is 5. The normalized spacial score (nSPS) is 21.8. The molecule has 5 aromatic rings. The highest BCUT2D eigenvalue weighted by molar-refractivity contribution is 6.03. The van der Waals surface area contributed by atoms with Crippen LogP contribution in [0.4, 0.5) is 16.2 Å². The van der Waals surface area contributed by atoms with Gasteiger partial charge < -0.3 is 34.0 Å².